The molecule has 0 saturated carbocycles. The van der Waals surface area contributed by atoms with Crippen molar-refractivity contribution in [2.24, 2.45) is 0 Å². The van der Waals surface area contributed by atoms with Gasteiger partial charge in [0.05, 0.1) is 16.7 Å². The predicted octanol–water partition coefficient (Wildman–Crippen LogP) is 2.56. The van der Waals surface area contributed by atoms with Crippen LogP contribution in [0.15, 0.2) is 36.4 Å². The highest BCUT2D eigenvalue weighted by Crippen LogP contribution is 2.28. The standard InChI is InChI=1S/C14H10ClNO4/c15-7-4-5-11(17)9(6-7)13(18)12-8(14(19)20)2-1-3-10(12)16/h1-6,17H,16H2,(H,19,20). The van der Waals surface area contributed by atoms with Crippen LogP contribution in [-0.4, -0.2) is 22.0 Å². The maximum atomic E-state index is 12.4. The van der Waals surface area contributed by atoms with Crippen molar-refractivity contribution in [3.05, 3.63) is 58.1 Å². The van der Waals surface area contributed by atoms with Crippen molar-refractivity contribution in [3.8, 4) is 5.75 Å². The summed E-state index contributed by atoms with van der Waals surface area (Å²) in [7, 11) is 0. The minimum absolute atomic E-state index is 0.0225. The zero-order valence-corrected chi connectivity index (χ0v) is 10.9. The molecule has 2 rings (SSSR count). The first-order valence-corrected chi connectivity index (χ1v) is 5.94. The molecule has 0 radical (unpaired) electrons. The summed E-state index contributed by atoms with van der Waals surface area (Å²) in [5.74, 6) is -2.26. The zero-order chi connectivity index (χ0) is 14.9. The van der Waals surface area contributed by atoms with E-state index in [0.29, 0.717) is 0 Å². The number of carbonyl (C=O) groups excluding carboxylic acids is 1. The highest BCUT2D eigenvalue weighted by molar-refractivity contribution is 6.31. The van der Waals surface area contributed by atoms with E-state index in [0.717, 1.165) is 0 Å². The Bertz CT molecular complexity index is 712. The number of ketones is 1. The molecule has 0 aliphatic carbocycles. The lowest BCUT2D eigenvalue weighted by atomic mass is 9.96. The number of carbonyl (C=O) groups is 2. The number of hydrogen-bond donors (Lipinski definition) is 3. The Hall–Kier alpha value is -2.53. The van der Waals surface area contributed by atoms with E-state index in [1.54, 1.807) is 0 Å². The second-order valence-corrected chi connectivity index (χ2v) is 4.50. The van der Waals surface area contributed by atoms with E-state index < -0.39 is 11.8 Å². The lowest BCUT2D eigenvalue weighted by Gasteiger charge is -2.10. The Kier molecular flexibility index (Phi) is 3.63. The second kappa shape index (κ2) is 5.22. The van der Waals surface area contributed by atoms with Gasteiger partial charge in [-0.1, -0.05) is 17.7 Å². The SMILES string of the molecule is Nc1cccc(C(=O)O)c1C(=O)c1cc(Cl)ccc1O. The molecule has 20 heavy (non-hydrogen) atoms. The van der Waals surface area contributed by atoms with Crippen LogP contribution >= 0.6 is 11.6 Å². The maximum absolute atomic E-state index is 12.4. The van der Waals surface area contributed by atoms with Crippen LogP contribution in [0.4, 0.5) is 5.69 Å². The molecule has 0 bridgehead atoms. The van der Waals surface area contributed by atoms with E-state index in [1.807, 2.05) is 0 Å². The van der Waals surface area contributed by atoms with Crippen molar-refractivity contribution in [2.75, 3.05) is 5.73 Å². The highest BCUT2D eigenvalue weighted by Gasteiger charge is 2.22. The van der Waals surface area contributed by atoms with E-state index in [2.05, 4.69) is 0 Å². The van der Waals surface area contributed by atoms with E-state index in [1.165, 1.54) is 36.4 Å². The summed E-state index contributed by atoms with van der Waals surface area (Å²) in [4.78, 5) is 23.6. The van der Waals surface area contributed by atoms with Gasteiger partial charge in [-0.15, -0.1) is 0 Å². The summed E-state index contributed by atoms with van der Waals surface area (Å²) < 4.78 is 0. The molecule has 0 aromatic heterocycles. The molecule has 0 aliphatic rings. The molecule has 0 fully saturated rings. The summed E-state index contributed by atoms with van der Waals surface area (Å²) in [5.41, 5.74) is 5.21. The van der Waals surface area contributed by atoms with Crippen LogP contribution < -0.4 is 5.73 Å². The number of nitrogen functional groups attached to an aromatic ring is 1. The Morgan fingerprint density at radius 3 is 2.45 bits per heavy atom. The third-order valence-electron chi connectivity index (χ3n) is 2.76. The van der Waals surface area contributed by atoms with Crippen LogP contribution in [0, 0.1) is 0 Å². The summed E-state index contributed by atoms with van der Waals surface area (Å²) >= 11 is 5.78. The van der Waals surface area contributed by atoms with E-state index in [4.69, 9.17) is 22.4 Å². The van der Waals surface area contributed by atoms with Crippen LogP contribution in [0.25, 0.3) is 0 Å². The van der Waals surface area contributed by atoms with Gasteiger partial charge in [0.1, 0.15) is 5.75 Å². The maximum Gasteiger partial charge on any atom is 0.336 e. The van der Waals surface area contributed by atoms with Crippen molar-refractivity contribution in [1.82, 2.24) is 0 Å². The van der Waals surface area contributed by atoms with Gasteiger partial charge in [0.25, 0.3) is 0 Å². The van der Waals surface area contributed by atoms with Crippen LogP contribution in [0.1, 0.15) is 26.3 Å². The Labute approximate surface area is 119 Å². The summed E-state index contributed by atoms with van der Waals surface area (Å²) in [5, 5.41) is 19.1. The largest absolute Gasteiger partial charge is 0.507 e. The number of anilines is 1. The number of benzene rings is 2. The predicted molar refractivity (Wildman–Crippen MR) is 74.4 cm³/mol. The first kappa shape index (κ1) is 13.9. The minimum Gasteiger partial charge on any atom is -0.507 e. The fourth-order valence-electron chi connectivity index (χ4n) is 1.83. The molecule has 0 unspecified atom stereocenters. The molecule has 6 heteroatoms. The van der Waals surface area contributed by atoms with Gasteiger partial charge in [0.15, 0.2) is 5.78 Å². The normalized spacial score (nSPS) is 10.2. The number of carboxylic acid groups (broad SMARTS) is 1. The summed E-state index contributed by atoms with van der Waals surface area (Å²) in [6, 6.07) is 8.06. The van der Waals surface area contributed by atoms with Crippen molar-refractivity contribution in [2.45, 2.75) is 0 Å². The summed E-state index contributed by atoms with van der Waals surface area (Å²) in [6.45, 7) is 0. The fraction of sp³-hybridized carbons (Fsp3) is 0. The quantitative estimate of drug-likeness (QED) is 0.596. The van der Waals surface area contributed by atoms with Crippen molar-refractivity contribution in [1.29, 1.82) is 0 Å². The Balaban J connectivity index is 2.65. The van der Waals surface area contributed by atoms with Crippen LogP contribution in [-0.2, 0) is 0 Å². The van der Waals surface area contributed by atoms with Crippen molar-refractivity contribution >= 4 is 29.0 Å². The number of phenols is 1. The average molecular weight is 292 g/mol. The Morgan fingerprint density at radius 1 is 1.10 bits per heavy atom. The average Bonchev–Trinajstić information content (AvgIpc) is 2.40. The highest BCUT2D eigenvalue weighted by atomic mass is 35.5. The van der Waals surface area contributed by atoms with E-state index >= 15 is 0 Å². The second-order valence-electron chi connectivity index (χ2n) is 4.07. The fourth-order valence-corrected chi connectivity index (χ4v) is 2.00. The first-order valence-electron chi connectivity index (χ1n) is 5.57. The van der Waals surface area contributed by atoms with Crippen molar-refractivity contribution < 1.29 is 19.8 Å². The molecule has 0 amide bonds. The molecule has 0 aliphatic heterocycles. The van der Waals surface area contributed by atoms with Crippen LogP contribution in [0.5, 0.6) is 5.75 Å². The molecule has 2 aromatic carbocycles. The number of phenolic OH excluding ortho intramolecular Hbond substituents is 1. The molecule has 2 aromatic rings. The lowest BCUT2D eigenvalue weighted by Crippen LogP contribution is -2.12. The molecule has 0 saturated heterocycles. The molecule has 4 N–H and O–H groups in total. The molecule has 0 spiro atoms. The Morgan fingerprint density at radius 2 is 1.80 bits per heavy atom. The molecule has 5 nitrogen and oxygen atoms in total. The number of aromatic carboxylic acids is 1. The van der Waals surface area contributed by atoms with Crippen LogP contribution in [0.3, 0.4) is 0 Å². The molecular formula is C14H10ClNO4. The van der Waals surface area contributed by atoms with Gasteiger partial charge in [0, 0.05) is 10.7 Å². The van der Waals surface area contributed by atoms with E-state index in [9.17, 15) is 14.7 Å². The number of nitrogens with two attached hydrogens (primary N) is 1. The van der Waals surface area contributed by atoms with Gasteiger partial charge in [-0.2, -0.15) is 0 Å². The summed E-state index contributed by atoms with van der Waals surface area (Å²) in [6.07, 6.45) is 0. The smallest absolute Gasteiger partial charge is 0.336 e. The number of rotatable bonds is 3. The van der Waals surface area contributed by atoms with Gasteiger partial charge in [-0.25, -0.2) is 4.79 Å². The monoisotopic (exact) mass is 291 g/mol. The molecule has 0 heterocycles. The van der Waals surface area contributed by atoms with Gasteiger partial charge in [-0.3, -0.25) is 4.79 Å². The number of aromatic hydroxyl groups is 1. The molecule has 0 atom stereocenters. The number of carboxylic acids is 1. The number of hydrogen-bond acceptors (Lipinski definition) is 4. The van der Waals surface area contributed by atoms with Gasteiger partial charge >= 0.3 is 5.97 Å². The van der Waals surface area contributed by atoms with Crippen molar-refractivity contribution in [3.63, 3.8) is 0 Å². The zero-order valence-electron chi connectivity index (χ0n) is 10.1. The van der Waals surface area contributed by atoms with Gasteiger partial charge < -0.3 is 15.9 Å². The third-order valence-corrected chi connectivity index (χ3v) is 2.99. The molecular weight excluding hydrogens is 282 g/mol. The van der Waals surface area contributed by atoms with E-state index in [-0.39, 0.29) is 33.1 Å². The topological polar surface area (TPSA) is 101 Å². The minimum atomic E-state index is -1.28. The van der Waals surface area contributed by atoms with Gasteiger partial charge in [0.2, 0.25) is 0 Å². The van der Waals surface area contributed by atoms with Crippen LogP contribution in [0.2, 0.25) is 5.02 Å². The third kappa shape index (κ3) is 2.44. The first-order chi connectivity index (χ1) is 9.41. The van der Waals surface area contributed by atoms with Gasteiger partial charge in [-0.05, 0) is 30.3 Å². The lowest BCUT2D eigenvalue weighted by molar-refractivity contribution is 0.0693. The molecule has 102 valence electrons. The number of halogens is 1.